The maximum atomic E-state index is 13.2. The molecule has 10 heteroatoms. The van der Waals surface area contributed by atoms with Gasteiger partial charge in [0.25, 0.3) is 0 Å². The molecule has 0 bridgehead atoms. The van der Waals surface area contributed by atoms with E-state index in [0.717, 1.165) is 0 Å². The number of esters is 5. The van der Waals surface area contributed by atoms with Gasteiger partial charge in [0.2, 0.25) is 0 Å². The van der Waals surface area contributed by atoms with Crippen LogP contribution in [-0.2, 0) is 38.1 Å². The molecule has 1 heterocycles. The molecule has 4 atom stereocenters. The van der Waals surface area contributed by atoms with Gasteiger partial charge in [0.05, 0.1) is 17.7 Å². The molecule has 220 valence electrons. The van der Waals surface area contributed by atoms with Crippen molar-refractivity contribution in [2.75, 3.05) is 6.61 Å². The molecule has 3 rings (SSSR count). The molecule has 0 spiro atoms. The number of carbonyl (C=O) groups is 5. The number of rotatable bonds is 12. The molecule has 41 heavy (non-hydrogen) atoms. The summed E-state index contributed by atoms with van der Waals surface area (Å²) in [6.07, 6.45) is -2.76. The van der Waals surface area contributed by atoms with Gasteiger partial charge >= 0.3 is 29.8 Å². The summed E-state index contributed by atoms with van der Waals surface area (Å²) in [6.45, 7) is 5.24. The van der Waals surface area contributed by atoms with Gasteiger partial charge in [-0.3, -0.25) is 14.4 Å². The molecule has 0 radical (unpaired) electrons. The smallest absolute Gasteiger partial charge is 0.346 e. The number of benzene rings is 2. The summed E-state index contributed by atoms with van der Waals surface area (Å²) in [4.78, 5) is 63.5. The predicted octanol–water partition coefficient (Wildman–Crippen LogP) is 4.89. The van der Waals surface area contributed by atoms with Crippen molar-refractivity contribution >= 4 is 29.8 Å². The summed E-state index contributed by atoms with van der Waals surface area (Å²) >= 11 is 0. The van der Waals surface area contributed by atoms with Crippen molar-refractivity contribution in [1.82, 2.24) is 0 Å². The molecule has 0 aromatic heterocycles. The third-order valence-electron chi connectivity index (χ3n) is 6.29. The SMILES string of the molecule is CCCC(=O)O[C@@H]1[C@H](OC(=O)CCC)[C@@H](c2ccccc2C(=O)OC(=O)c2ccccc2)OC[C@H]1OC(=O)CCC. The van der Waals surface area contributed by atoms with Gasteiger partial charge in [-0.15, -0.1) is 0 Å². The van der Waals surface area contributed by atoms with Crippen LogP contribution in [0.4, 0.5) is 0 Å². The van der Waals surface area contributed by atoms with E-state index in [-0.39, 0.29) is 42.6 Å². The summed E-state index contributed by atoms with van der Waals surface area (Å²) < 4.78 is 28.3. The molecule has 1 fully saturated rings. The third-order valence-corrected chi connectivity index (χ3v) is 6.29. The Bertz CT molecular complexity index is 1210. The van der Waals surface area contributed by atoms with Crippen LogP contribution in [0.25, 0.3) is 0 Å². The molecule has 1 saturated heterocycles. The highest BCUT2D eigenvalue weighted by Crippen LogP contribution is 2.36. The van der Waals surface area contributed by atoms with Crippen LogP contribution in [-0.4, -0.2) is 54.8 Å². The van der Waals surface area contributed by atoms with Crippen molar-refractivity contribution in [3.8, 4) is 0 Å². The van der Waals surface area contributed by atoms with Gasteiger partial charge in [-0.2, -0.15) is 0 Å². The first-order valence-electron chi connectivity index (χ1n) is 13.9. The second kappa shape index (κ2) is 15.7. The molecule has 0 saturated carbocycles. The Hall–Kier alpha value is -4.05. The van der Waals surface area contributed by atoms with E-state index in [2.05, 4.69) is 0 Å². The van der Waals surface area contributed by atoms with E-state index in [1.54, 1.807) is 43.3 Å². The van der Waals surface area contributed by atoms with Crippen LogP contribution in [0, 0.1) is 0 Å². The molecule has 2 aromatic carbocycles. The van der Waals surface area contributed by atoms with E-state index in [0.29, 0.717) is 19.3 Å². The monoisotopic (exact) mass is 568 g/mol. The molecule has 0 unspecified atom stereocenters. The second-order valence-electron chi connectivity index (χ2n) is 9.57. The van der Waals surface area contributed by atoms with Crippen molar-refractivity contribution < 1.29 is 47.7 Å². The predicted molar refractivity (Wildman–Crippen MR) is 146 cm³/mol. The zero-order valence-corrected chi connectivity index (χ0v) is 23.5. The van der Waals surface area contributed by atoms with Crippen LogP contribution in [0.3, 0.4) is 0 Å². The molecule has 0 amide bonds. The number of carbonyl (C=O) groups excluding carboxylic acids is 5. The Kier molecular flexibility index (Phi) is 12.0. The van der Waals surface area contributed by atoms with E-state index < -0.39 is 54.3 Å². The lowest BCUT2D eigenvalue weighted by Crippen LogP contribution is -2.54. The van der Waals surface area contributed by atoms with E-state index in [9.17, 15) is 24.0 Å². The molecule has 1 aliphatic heterocycles. The van der Waals surface area contributed by atoms with Crippen molar-refractivity contribution in [3.05, 3.63) is 71.3 Å². The van der Waals surface area contributed by atoms with Gasteiger partial charge in [-0.25, -0.2) is 9.59 Å². The molecule has 0 aliphatic carbocycles. The first kappa shape index (κ1) is 31.5. The Morgan fingerprint density at radius 2 is 1.22 bits per heavy atom. The van der Waals surface area contributed by atoms with Gasteiger partial charge in [-0.05, 0) is 43.0 Å². The van der Waals surface area contributed by atoms with Crippen molar-refractivity contribution in [2.24, 2.45) is 0 Å². The summed E-state index contributed by atoms with van der Waals surface area (Å²) in [7, 11) is 0. The number of hydrogen-bond acceptors (Lipinski definition) is 10. The fourth-order valence-electron chi connectivity index (χ4n) is 4.38. The summed E-state index contributed by atoms with van der Waals surface area (Å²) in [6, 6.07) is 14.3. The Balaban J connectivity index is 1.99. The Labute approximate surface area is 239 Å². The van der Waals surface area contributed by atoms with Crippen LogP contribution in [0.1, 0.15) is 91.7 Å². The van der Waals surface area contributed by atoms with Crippen molar-refractivity contribution in [2.45, 2.75) is 83.7 Å². The van der Waals surface area contributed by atoms with Gasteiger partial charge < -0.3 is 23.7 Å². The van der Waals surface area contributed by atoms with E-state index in [1.807, 2.05) is 13.8 Å². The summed E-state index contributed by atoms with van der Waals surface area (Å²) in [5.41, 5.74) is 0.444. The largest absolute Gasteiger partial charge is 0.456 e. The molecule has 0 N–H and O–H groups in total. The van der Waals surface area contributed by atoms with E-state index >= 15 is 0 Å². The standard InChI is InChI=1S/C31H36O10/c1-4-12-24(32)38-23-19-37-27(29(40-26(34)14-6-3)28(23)39-25(33)13-5-2)21-17-10-11-18-22(21)31(36)41-30(35)20-15-8-7-9-16-20/h7-11,15-18,23,27-29H,4-6,12-14,19H2,1-3H3/t23-,27-,28+,29-/m1/s1. The van der Waals surface area contributed by atoms with Gasteiger partial charge in [0.15, 0.2) is 18.3 Å². The van der Waals surface area contributed by atoms with E-state index in [4.69, 9.17) is 23.7 Å². The Morgan fingerprint density at radius 3 is 1.83 bits per heavy atom. The lowest BCUT2D eigenvalue weighted by Gasteiger charge is -2.41. The minimum Gasteiger partial charge on any atom is -0.456 e. The maximum Gasteiger partial charge on any atom is 0.346 e. The zero-order valence-electron chi connectivity index (χ0n) is 23.5. The summed E-state index contributed by atoms with van der Waals surface area (Å²) in [5.74, 6) is -3.43. The van der Waals surface area contributed by atoms with Crippen molar-refractivity contribution in [3.63, 3.8) is 0 Å². The molecule has 10 nitrogen and oxygen atoms in total. The first-order chi connectivity index (χ1) is 19.8. The zero-order chi connectivity index (χ0) is 29.8. The fourth-order valence-corrected chi connectivity index (χ4v) is 4.38. The van der Waals surface area contributed by atoms with Gasteiger partial charge in [0, 0.05) is 19.3 Å². The molecular formula is C31H36O10. The van der Waals surface area contributed by atoms with E-state index in [1.165, 1.54) is 18.2 Å². The summed E-state index contributed by atoms with van der Waals surface area (Å²) in [5, 5.41) is 0. The highest BCUT2D eigenvalue weighted by Gasteiger charge is 2.48. The number of hydrogen-bond donors (Lipinski definition) is 0. The normalized spacial score (nSPS) is 20.0. The minimum absolute atomic E-state index is 0.00150. The topological polar surface area (TPSA) is 132 Å². The fraction of sp³-hybridized carbons (Fsp3) is 0.452. The quantitative estimate of drug-likeness (QED) is 0.198. The molecule has 1 aliphatic rings. The van der Waals surface area contributed by atoms with Crippen LogP contribution in [0.2, 0.25) is 0 Å². The van der Waals surface area contributed by atoms with Crippen LogP contribution in [0.5, 0.6) is 0 Å². The maximum absolute atomic E-state index is 13.2. The second-order valence-corrected chi connectivity index (χ2v) is 9.57. The highest BCUT2D eigenvalue weighted by atomic mass is 16.6. The van der Waals surface area contributed by atoms with Gasteiger partial charge in [0.1, 0.15) is 6.10 Å². The average Bonchev–Trinajstić information content (AvgIpc) is 2.95. The first-order valence-corrected chi connectivity index (χ1v) is 13.9. The van der Waals surface area contributed by atoms with Gasteiger partial charge in [-0.1, -0.05) is 57.2 Å². The molecular weight excluding hydrogens is 532 g/mol. The average molecular weight is 569 g/mol. The highest BCUT2D eigenvalue weighted by molar-refractivity contribution is 6.03. The molecule has 2 aromatic rings. The van der Waals surface area contributed by atoms with Crippen LogP contribution < -0.4 is 0 Å². The van der Waals surface area contributed by atoms with Crippen molar-refractivity contribution in [1.29, 1.82) is 0 Å². The number of ether oxygens (including phenoxy) is 5. The van der Waals surface area contributed by atoms with Crippen LogP contribution in [0.15, 0.2) is 54.6 Å². The van der Waals surface area contributed by atoms with Crippen LogP contribution >= 0.6 is 0 Å². The third kappa shape index (κ3) is 8.72. The lowest BCUT2D eigenvalue weighted by atomic mass is 9.91. The minimum atomic E-state index is -1.26. The lowest BCUT2D eigenvalue weighted by molar-refractivity contribution is -0.229. The Morgan fingerprint density at radius 1 is 0.683 bits per heavy atom.